The van der Waals surface area contributed by atoms with Crippen molar-refractivity contribution >= 4 is 5.91 Å². The molecule has 1 amide bonds. The Labute approximate surface area is 164 Å². The monoisotopic (exact) mass is 378 g/mol. The van der Waals surface area contributed by atoms with Gasteiger partial charge in [0.15, 0.2) is 0 Å². The first-order valence-electron chi connectivity index (χ1n) is 11.0. The maximum atomic E-state index is 13.1. The molecule has 0 aromatic heterocycles. The molecule has 2 aliphatic carbocycles. The van der Waals surface area contributed by atoms with E-state index >= 15 is 0 Å². The molecule has 6 heteroatoms. The van der Waals surface area contributed by atoms with Crippen molar-refractivity contribution in [1.82, 2.24) is 20.7 Å². The zero-order valence-corrected chi connectivity index (χ0v) is 17.3. The highest BCUT2D eigenvalue weighted by atomic mass is 16.5. The maximum Gasteiger partial charge on any atom is 0.240 e. The van der Waals surface area contributed by atoms with Gasteiger partial charge in [-0.15, -0.1) is 0 Å². The van der Waals surface area contributed by atoms with Gasteiger partial charge in [0.05, 0.1) is 5.92 Å². The maximum absolute atomic E-state index is 13.1. The minimum absolute atomic E-state index is 0.127. The van der Waals surface area contributed by atoms with Crippen LogP contribution in [0, 0.1) is 29.6 Å². The summed E-state index contributed by atoms with van der Waals surface area (Å²) in [7, 11) is 5.86. The zero-order valence-electron chi connectivity index (χ0n) is 17.3. The molecule has 4 rings (SSSR count). The van der Waals surface area contributed by atoms with E-state index in [1.807, 2.05) is 7.05 Å². The number of nitrogens with zero attached hydrogens (tertiary/aromatic N) is 2. The predicted octanol–water partition coefficient (Wildman–Crippen LogP) is 1.33. The summed E-state index contributed by atoms with van der Waals surface area (Å²) in [5.74, 6) is 3.64. The molecule has 4 aliphatic rings. The van der Waals surface area contributed by atoms with Crippen LogP contribution in [0.4, 0.5) is 0 Å². The number of fused-ring (bicyclic) bond motifs is 2. The molecule has 4 fully saturated rings. The highest BCUT2D eigenvalue weighted by molar-refractivity contribution is 5.78. The third-order valence-electron chi connectivity index (χ3n) is 7.97. The lowest BCUT2D eigenvalue weighted by molar-refractivity contribution is -0.143. The minimum Gasteiger partial charge on any atom is -0.385 e. The minimum atomic E-state index is 0.127. The molecule has 2 saturated heterocycles. The first kappa shape index (κ1) is 19.6. The molecule has 2 heterocycles. The molecule has 0 bridgehead atoms. The van der Waals surface area contributed by atoms with Gasteiger partial charge in [0.25, 0.3) is 0 Å². The number of methoxy groups -OCH3 is 1. The van der Waals surface area contributed by atoms with Crippen LogP contribution in [-0.4, -0.2) is 75.3 Å². The topological polar surface area (TPSA) is 56.8 Å². The Morgan fingerprint density at radius 1 is 1.30 bits per heavy atom. The van der Waals surface area contributed by atoms with Gasteiger partial charge in [-0.2, -0.15) is 0 Å². The fraction of sp³-hybridized carbons (Fsp3) is 0.952. The van der Waals surface area contributed by atoms with E-state index in [2.05, 4.69) is 22.7 Å². The van der Waals surface area contributed by atoms with E-state index in [0.29, 0.717) is 12.0 Å². The molecule has 27 heavy (non-hydrogen) atoms. The van der Waals surface area contributed by atoms with Crippen LogP contribution in [0.25, 0.3) is 0 Å². The van der Waals surface area contributed by atoms with E-state index in [1.165, 1.54) is 32.2 Å². The third kappa shape index (κ3) is 3.78. The highest BCUT2D eigenvalue weighted by Gasteiger charge is 2.54. The van der Waals surface area contributed by atoms with Crippen LogP contribution in [0.2, 0.25) is 0 Å². The second kappa shape index (κ2) is 8.36. The van der Waals surface area contributed by atoms with Crippen LogP contribution in [0.15, 0.2) is 0 Å². The van der Waals surface area contributed by atoms with Crippen LogP contribution in [0.1, 0.15) is 38.5 Å². The SMILES string of the molecule is COCCCNN(C)C(=O)[C@@H]1CC2C3CCCC4NCC(C[C@H]2N(C)C1)C43. The summed E-state index contributed by atoms with van der Waals surface area (Å²) in [5.41, 5.74) is 3.26. The summed E-state index contributed by atoms with van der Waals surface area (Å²) in [5, 5.41) is 5.56. The van der Waals surface area contributed by atoms with E-state index in [-0.39, 0.29) is 11.8 Å². The number of amides is 1. The number of carbonyl (C=O) groups is 1. The molecule has 5 unspecified atom stereocenters. The van der Waals surface area contributed by atoms with Crippen molar-refractivity contribution in [3.63, 3.8) is 0 Å². The van der Waals surface area contributed by atoms with Gasteiger partial charge in [0, 0.05) is 45.9 Å². The fourth-order valence-electron chi connectivity index (χ4n) is 6.84. The van der Waals surface area contributed by atoms with Crippen molar-refractivity contribution in [3.05, 3.63) is 0 Å². The van der Waals surface area contributed by atoms with E-state index in [0.717, 1.165) is 56.3 Å². The lowest BCUT2D eigenvalue weighted by Gasteiger charge is -2.55. The van der Waals surface area contributed by atoms with E-state index < -0.39 is 0 Å². The average Bonchev–Trinajstić information content (AvgIpc) is 3.09. The molecule has 0 aromatic rings. The van der Waals surface area contributed by atoms with Gasteiger partial charge in [-0.3, -0.25) is 9.80 Å². The van der Waals surface area contributed by atoms with Crippen LogP contribution >= 0.6 is 0 Å². The second-order valence-electron chi connectivity index (χ2n) is 9.44. The number of carbonyl (C=O) groups excluding carboxylic acids is 1. The van der Waals surface area contributed by atoms with Gasteiger partial charge in [-0.1, -0.05) is 6.42 Å². The Morgan fingerprint density at radius 3 is 2.96 bits per heavy atom. The van der Waals surface area contributed by atoms with Gasteiger partial charge in [0.1, 0.15) is 0 Å². The Hall–Kier alpha value is -0.690. The molecule has 2 N–H and O–H groups in total. The van der Waals surface area contributed by atoms with Crippen molar-refractivity contribution in [2.24, 2.45) is 29.6 Å². The summed E-state index contributed by atoms with van der Waals surface area (Å²) < 4.78 is 5.09. The Kier molecular flexibility index (Phi) is 6.07. The molecule has 6 nitrogen and oxygen atoms in total. The van der Waals surface area contributed by atoms with Crippen molar-refractivity contribution in [2.75, 3.05) is 47.4 Å². The molecule has 154 valence electrons. The number of nitrogens with one attached hydrogen (secondary N) is 2. The van der Waals surface area contributed by atoms with Crippen molar-refractivity contribution in [2.45, 2.75) is 50.6 Å². The summed E-state index contributed by atoms with van der Waals surface area (Å²) in [6.45, 7) is 3.64. The van der Waals surface area contributed by atoms with Crippen LogP contribution in [-0.2, 0) is 9.53 Å². The molecule has 2 saturated carbocycles. The number of likely N-dealkylation sites (tertiary alicyclic amines) is 1. The summed E-state index contributed by atoms with van der Waals surface area (Å²) in [4.78, 5) is 15.6. The van der Waals surface area contributed by atoms with Gasteiger partial charge in [-0.05, 0) is 69.4 Å². The first-order chi connectivity index (χ1) is 13.1. The average molecular weight is 379 g/mol. The zero-order chi connectivity index (χ0) is 19.0. The lowest BCUT2D eigenvalue weighted by atomic mass is 9.56. The number of hydrogen-bond donors (Lipinski definition) is 2. The molecular formula is C21H38N4O2. The number of piperidine rings is 1. The number of ether oxygens (including phenoxy) is 1. The molecule has 0 spiro atoms. The summed E-state index contributed by atoms with van der Waals surface area (Å²) in [6, 6.07) is 1.43. The normalized spacial score (nSPS) is 41.1. The Balaban J connectivity index is 1.40. The van der Waals surface area contributed by atoms with Crippen molar-refractivity contribution in [3.8, 4) is 0 Å². The van der Waals surface area contributed by atoms with E-state index in [4.69, 9.17) is 4.74 Å². The van der Waals surface area contributed by atoms with Crippen LogP contribution < -0.4 is 10.7 Å². The molecule has 0 aromatic carbocycles. The lowest BCUT2D eigenvalue weighted by Crippen LogP contribution is -2.59. The summed E-state index contributed by atoms with van der Waals surface area (Å²) >= 11 is 0. The highest BCUT2D eigenvalue weighted by Crippen LogP contribution is 2.53. The largest absolute Gasteiger partial charge is 0.385 e. The number of hydrazine groups is 1. The van der Waals surface area contributed by atoms with Crippen molar-refractivity contribution < 1.29 is 9.53 Å². The fourth-order valence-corrected chi connectivity index (χ4v) is 6.84. The predicted molar refractivity (Wildman–Crippen MR) is 106 cm³/mol. The van der Waals surface area contributed by atoms with E-state index in [1.54, 1.807) is 12.1 Å². The molecule has 0 radical (unpaired) electrons. The summed E-state index contributed by atoms with van der Waals surface area (Å²) in [6.07, 6.45) is 7.43. The van der Waals surface area contributed by atoms with Crippen LogP contribution in [0.5, 0.6) is 0 Å². The third-order valence-corrected chi connectivity index (χ3v) is 7.97. The number of hydrogen-bond acceptors (Lipinski definition) is 5. The van der Waals surface area contributed by atoms with Gasteiger partial charge < -0.3 is 15.0 Å². The quantitative estimate of drug-likeness (QED) is 0.539. The smallest absolute Gasteiger partial charge is 0.240 e. The van der Waals surface area contributed by atoms with Crippen molar-refractivity contribution in [1.29, 1.82) is 0 Å². The van der Waals surface area contributed by atoms with E-state index in [9.17, 15) is 4.79 Å². The van der Waals surface area contributed by atoms with Gasteiger partial charge in [0.2, 0.25) is 5.91 Å². The Morgan fingerprint density at radius 2 is 2.15 bits per heavy atom. The Bertz CT molecular complexity index is 530. The molecule has 7 atom stereocenters. The van der Waals surface area contributed by atoms with Gasteiger partial charge >= 0.3 is 0 Å². The van der Waals surface area contributed by atoms with Crippen LogP contribution in [0.3, 0.4) is 0 Å². The first-order valence-corrected chi connectivity index (χ1v) is 11.0. The molecular weight excluding hydrogens is 340 g/mol. The number of rotatable bonds is 6. The molecule has 2 aliphatic heterocycles. The second-order valence-corrected chi connectivity index (χ2v) is 9.44. The van der Waals surface area contributed by atoms with Gasteiger partial charge in [-0.25, -0.2) is 5.43 Å². The standard InChI is InChI=1S/C21H38N4O2/c1-24-13-15(21(26)25(2)23-8-5-9-27-3)10-17-16-6-4-7-18-20(16)14(12-22-18)11-19(17)24/h14-20,22-23H,4-13H2,1-3H3/t14?,15-,16?,17?,18?,19-,20?/m1/s1.